The zero-order valence-electron chi connectivity index (χ0n) is 10.6. The molecule has 0 saturated heterocycles. The van der Waals surface area contributed by atoms with Gasteiger partial charge in [-0.15, -0.1) is 0 Å². The van der Waals surface area contributed by atoms with Crippen molar-refractivity contribution in [2.75, 3.05) is 7.11 Å². The molecule has 0 fully saturated rings. The fourth-order valence-corrected chi connectivity index (χ4v) is 2.53. The molecule has 3 nitrogen and oxygen atoms in total. The van der Waals surface area contributed by atoms with Crippen LogP contribution in [0.25, 0.3) is 0 Å². The van der Waals surface area contributed by atoms with Gasteiger partial charge in [-0.25, -0.2) is 0 Å². The molecule has 0 aromatic heterocycles. The molecule has 0 spiro atoms. The zero-order valence-corrected chi connectivity index (χ0v) is 12.2. The zero-order chi connectivity index (χ0) is 13.2. The Bertz CT molecular complexity index is 478. The quantitative estimate of drug-likeness (QED) is 0.931. The molecule has 0 aliphatic carbocycles. The molecule has 0 radical (unpaired) electrons. The van der Waals surface area contributed by atoms with Gasteiger partial charge in [-0.2, -0.15) is 5.26 Å². The standard InChI is InChI=1S/C13H17BrN2O/c1-7-8(2)13(17-4)11(9(3)12(7)14)10(16)5-6-15/h10H,5,16H2,1-4H3. The summed E-state index contributed by atoms with van der Waals surface area (Å²) in [6, 6.07) is 1.79. The Balaban J connectivity index is 3.53. The van der Waals surface area contributed by atoms with Crippen molar-refractivity contribution in [3.8, 4) is 11.8 Å². The van der Waals surface area contributed by atoms with Crippen molar-refractivity contribution >= 4 is 15.9 Å². The van der Waals surface area contributed by atoms with E-state index in [1.165, 1.54) is 0 Å². The van der Waals surface area contributed by atoms with Crippen LogP contribution in [0, 0.1) is 32.1 Å². The fraction of sp³-hybridized carbons (Fsp3) is 0.462. The first kappa shape index (κ1) is 14.0. The molecule has 0 heterocycles. The first-order valence-corrected chi connectivity index (χ1v) is 6.20. The number of hydrogen-bond acceptors (Lipinski definition) is 3. The second kappa shape index (κ2) is 5.52. The van der Waals surface area contributed by atoms with Crippen molar-refractivity contribution in [3.05, 3.63) is 26.7 Å². The lowest BCUT2D eigenvalue weighted by Gasteiger charge is -2.21. The van der Waals surface area contributed by atoms with Crippen molar-refractivity contribution in [1.29, 1.82) is 5.26 Å². The summed E-state index contributed by atoms with van der Waals surface area (Å²) in [5.74, 6) is 0.797. The average Bonchev–Trinajstić information content (AvgIpc) is 2.31. The van der Waals surface area contributed by atoms with Crippen molar-refractivity contribution in [2.24, 2.45) is 5.73 Å². The second-order valence-corrected chi connectivity index (χ2v) is 4.90. The molecule has 0 saturated carbocycles. The molecule has 1 aromatic rings. The van der Waals surface area contributed by atoms with Gasteiger partial charge in [0, 0.05) is 16.1 Å². The van der Waals surface area contributed by atoms with Gasteiger partial charge in [0.15, 0.2) is 0 Å². The molecule has 1 aromatic carbocycles. The Labute approximate surface area is 111 Å². The number of hydrogen-bond donors (Lipinski definition) is 1. The van der Waals surface area contributed by atoms with Gasteiger partial charge in [0.05, 0.1) is 19.6 Å². The van der Waals surface area contributed by atoms with E-state index < -0.39 is 0 Å². The predicted octanol–water partition coefficient (Wildman–Crippen LogP) is 3.30. The number of rotatable bonds is 3. The van der Waals surface area contributed by atoms with E-state index in [1.54, 1.807) is 7.11 Å². The van der Waals surface area contributed by atoms with Gasteiger partial charge in [-0.1, -0.05) is 15.9 Å². The first-order valence-electron chi connectivity index (χ1n) is 5.41. The average molecular weight is 297 g/mol. The fourth-order valence-electron chi connectivity index (χ4n) is 2.02. The maximum atomic E-state index is 8.76. The summed E-state index contributed by atoms with van der Waals surface area (Å²) >= 11 is 3.57. The molecule has 1 atom stereocenters. The van der Waals surface area contributed by atoms with Gasteiger partial charge in [0.2, 0.25) is 0 Å². The summed E-state index contributed by atoms with van der Waals surface area (Å²) in [6.45, 7) is 6.03. The largest absolute Gasteiger partial charge is 0.496 e. The van der Waals surface area contributed by atoms with E-state index in [0.717, 1.165) is 32.5 Å². The molecule has 1 rings (SSSR count). The summed E-state index contributed by atoms with van der Waals surface area (Å²) in [5, 5.41) is 8.76. The molecule has 0 bridgehead atoms. The molecular formula is C13H17BrN2O. The van der Waals surface area contributed by atoms with Crippen LogP contribution in [-0.4, -0.2) is 7.11 Å². The number of halogens is 1. The highest BCUT2D eigenvalue weighted by atomic mass is 79.9. The minimum absolute atomic E-state index is 0.284. The lowest BCUT2D eigenvalue weighted by atomic mass is 9.93. The van der Waals surface area contributed by atoms with Crippen LogP contribution in [0.15, 0.2) is 4.47 Å². The number of methoxy groups -OCH3 is 1. The van der Waals surface area contributed by atoms with Crippen molar-refractivity contribution in [1.82, 2.24) is 0 Å². The molecule has 1 unspecified atom stereocenters. The Kier molecular flexibility index (Phi) is 4.55. The maximum absolute atomic E-state index is 8.76. The van der Waals surface area contributed by atoms with Crippen molar-refractivity contribution < 1.29 is 4.74 Å². The van der Waals surface area contributed by atoms with Crippen molar-refractivity contribution in [3.63, 3.8) is 0 Å². The van der Waals surface area contributed by atoms with Gasteiger partial charge in [0.25, 0.3) is 0 Å². The molecule has 92 valence electrons. The third-order valence-corrected chi connectivity index (χ3v) is 4.29. The molecular weight excluding hydrogens is 280 g/mol. The number of benzene rings is 1. The second-order valence-electron chi connectivity index (χ2n) is 4.10. The third-order valence-electron chi connectivity index (χ3n) is 3.10. The molecule has 17 heavy (non-hydrogen) atoms. The van der Waals surface area contributed by atoms with E-state index >= 15 is 0 Å². The number of nitriles is 1. The van der Waals surface area contributed by atoms with E-state index in [4.69, 9.17) is 15.7 Å². The van der Waals surface area contributed by atoms with E-state index in [0.29, 0.717) is 0 Å². The Morgan fingerprint density at radius 3 is 2.35 bits per heavy atom. The monoisotopic (exact) mass is 296 g/mol. The first-order chi connectivity index (χ1) is 7.95. The summed E-state index contributed by atoms with van der Waals surface area (Å²) < 4.78 is 6.49. The van der Waals surface area contributed by atoms with Gasteiger partial charge in [-0.3, -0.25) is 0 Å². The summed E-state index contributed by atoms with van der Waals surface area (Å²) in [7, 11) is 1.64. The highest BCUT2D eigenvalue weighted by Crippen LogP contribution is 2.39. The topological polar surface area (TPSA) is 59.0 Å². The van der Waals surface area contributed by atoms with Crippen LogP contribution in [0.2, 0.25) is 0 Å². The van der Waals surface area contributed by atoms with Crippen LogP contribution >= 0.6 is 15.9 Å². The van der Waals surface area contributed by atoms with Crippen LogP contribution in [0.1, 0.15) is 34.7 Å². The molecule has 0 aliphatic rings. The van der Waals surface area contributed by atoms with Crippen LogP contribution in [0.4, 0.5) is 0 Å². The minimum atomic E-state index is -0.314. The molecule has 0 aliphatic heterocycles. The summed E-state index contributed by atoms with van der Waals surface area (Å²) in [5.41, 5.74) is 10.2. The smallest absolute Gasteiger partial charge is 0.127 e. The highest BCUT2D eigenvalue weighted by molar-refractivity contribution is 9.10. The maximum Gasteiger partial charge on any atom is 0.127 e. The van der Waals surface area contributed by atoms with E-state index in [-0.39, 0.29) is 12.5 Å². The third kappa shape index (κ3) is 2.46. The van der Waals surface area contributed by atoms with E-state index in [9.17, 15) is 0 Å². The van der Waals surface area contributed by atoms with Crippen LogP contribution < -0.4 is 10.5 Å². The predicted molar refractivity (Wildman–Crippen MR) is 72.1 cm³/mol. The summed E-state index contributed by atoms with van der Waals surface area (Å²) in [4.78, 5) is 0. The molecule has 2 N–H and O–H groups in total. The highest BCUT2D eigenvalue weighted by Gasteiger charge is 2.21. The molecule has 4 heteroatoms. The van der Waals surface area contributed by atoms with Crippen LogP contribution in [0.3, 0.4) is 0 Å². The molecule has 0 amide bonds. The normalized spacial score (nSPS) is 12.1. The van der Waals surface area contributed by atoms with Gasteiger partial charge >= 0.3 is 0 Å². The van der Waals surface area contributed by atoms with E-state index in [2.05, 4.69) is 22.0 Å². The lowest BCUT2D eigenvalue weighted by Crippen LogP contribution is -2.14. The van der Waals surface area contributed by atoms with Crippen LogP contribution in [-0.2, 0) is 0 Å². The van der Waals surface area contributed by atoms with E-state index in [1.807, 2.05) is 20.8 Å². The van der Waals surface area contributed by atoms with Gasteiger partial charge in [-0.05, 0) is 37.5 Å². The van der Waals surface area contributed by atoms with Gasteiger partial charge in [0.1, 0.15) is 5.75 Å². The Hall–Kier alpha value is -1.05. The minimum Gasteiger partial charge on any atom is -0.496 e. The summed E-state index contributed by atoms with van der Waals surface area (Å²) in [6.07, 6.45) is 0.284. The SMILES string of the molecule is COc1c(C)c(C)c(Br)c(C)c1C(N)CC#N. The Morgan fingerprint density at radius 2 is 1.88 bits per heavy atom. The number of nitrogens with two attached hydrogens (primary N) is 1. The van der Waals surface area contributed by atoms with Crippen molar-refractivity contribution in [2.45, 2.75) is 33.2 Å². The number of ether oxygens (including phenoxy) is 1. The van der Waals surface area contributed by atoms with Crippen LogP contribution in [0.5, 0.6) is 5.75 Å². The van der Waals surface area contributed by atoms with Gasteiger partial charge < -0.3 is 10.5 Å². The Morgan fingerprint density at radius 1 is 1.29 bits per heavy atom. The lowest BCUT2D eigenvalue weighted by molar-refractivity contribution is 0.401. The number of nitrogens with zero attached hydrogens (tertiary/aromatic N) is 1.